The summed E-state index contributed by atoms with van der Waals surface area (Å²) in [4.78, 5) is 13.9. The predicted octanol–water partition coefficient (Wildman–Crippen LogP) is 1.20. The molecular weight excluding hydrogens is 427 g/mol. The van der Waals surface area contributed by atoms with E-state index in [-0.39, 0.29) is 17.9 Å². The van der Waals surface area contributed by atoms with Gasteiger partial charge in [0.1, 0.15) is 24.7 Å². The third kappa shape index (κ3) is 4.99. The second-order valence-corrected chi connectivity index (χ2v) is 7.99. The zero-order valence-corrected chi connectivity index (χ0v) is 17.7. The molecule has 1 fully saturated rings. The maximum absolute atomic E-state index is 13.8. The molecule has 3 heterocycles. The number of morpholine rings is 1. The number of amides is 1. The molecule has 0 aliphatic carbocycles. The number of benzene rings is 1. The van der Waals surface area contributed by atoms with E-state index in [0.29, 0.717) is 31.1 Å². The summed E-state index contributed by atoms with van der Waals surface area (Å²) in [5, 5.41) is 9.86. The first-order chi connectivity index (χ1) is 15.3. The van der Waals surface area contributed by atoms with Gasteiger partial charge in [-0.1, -0.05) is 12.1 Å². The van der Waals surface area contributed by atoms with Crippen molar-refractivity contribution in [3.8, 4) is 5.75 Å². The van der Waals surface area contributed by atoms with E-state index in [4.69, 9.17) is 9.47 Å². The van der Waals surface area contributed by atoms with Crippen molar-refractivity contribution in [1.29, 1.82) is 0 Å². The standard InChI is InChI=1S/C21H26F3N5O3/c1-31-15-4-2-14(3-5-15)16-12-18(21(22,23)24)29-19(26-16)13-17(27-29)20(30)25-6-7-28-8-10-32-11-9-28/h2-5,13,16,18,26H,6-12H2,1H3,(H,25,30)/p+1/t16-,18-/m0/s1. The molecule has 2 atom stereocenters. The van der Waals surface area contributed by atoms with Crippen molar-refractivity contribution >= 4 is 11.7 Å². The highest BCUT2D eigenvalue weighted by atomic mass is 19.4. The van der Waals surface area contributed by atoms with Crippen LogP contribution in [0.25, 0.3) is 0 Å². The Hall–Kier alpha value is -2.79. The average molecular weight is 454 g/mol. The van der Waals surface area contributed by atoms with Gasteiger partial charge < -0.3 is 25.0 Å². The predicted molar refractivity (Wildman–Crippen MR) is 110 cm³/mol. The van der Waals surface area contributed by atoms with E-state index in [1.54, 1.807) is 24.3 Å². The lowest BCUT2D eigenvalue weighted by Crippen LogP contribution is -3.14. The van der Waals surface area contributed by atoms with Crippen molar-refractivity contribution in [1.82, 2.24) is 15.1 Å². The van der Waals surface area contributed by atoms with Gasteiger partial charge in [0.2, 0.25) is 0 Å². The maximum Gasteiger partial charge on any atom is 0.410 e. The Kier molecular flexibility index (Phi) is 6.56. The Balaban J connectivity index is 1.47. The Bertz CT molecular complexity index is 926. The van der Waals surface area contributed by atoms with Crippen LogP contribution in [0, 0.1) is 0 Å². The first-order valence-electron chi connectivity index (χ1n) is 10.6. The second-order valence-electron chi connectivity index (χ2n) is 7.99. The Morgan fingerprint density at radius 3 is 2.69 bits per heavy atom. The van der Waals surface area contributed by atoms with Gasteiger partial charge in [-0.25, -0.2) is 4.68 Å². The number of methoxy groups -OCH3 is 1. The first-order valence-corrected chi connectivity index (χ1v) is 10.6. The van der Waals surface area contributed by atoms with E-state index in [1.807, 2.05) is 0 Å². The summed E-state index contributed by atoms with van der Waals surface area (Å²) in [5.41, 5.74) is 0.668. The van der Waals surface area contributed by atoms with E-state index in [0.717, 1.165) is 24.3 Å². The summed E-state index contributed by atoms with van der Waals surface area (Å²) >= 11 is 0. The highest BCUT2D eigenvalue weighted by Crippen LogP contribution is 2.43. The van der Waals surface area contributed by atoms with E-state index >= 15 is 0 Å². The van der Waals surface area contributed by atoms with Gasteiger partial charge in [-0.3, -0.25) is 4.79 Å². The number of alkyl halides is 3. The van der Waals surface area contributed by atoms with Crippen molar-refractivity contribution in [2.45, 2.75) is 24.7 Å². The molecule has 2 aliphatic rings. The van der Waals surface area contributed by atoms with Gasteiger partial charge in [-0.2, -0.15) is 18.3 Å². The fourth-order valence-electron chi connectivity index (χ4n) is 4.09. The van der Waals surface area contributed by atoms with E-state index in [9.17, 15) is 18.0 Å². The lowest BCUT2D eigenvalue weighted by atomic mass is 9.97. The van der Waals surface area contributed by atoms with Crippen molar-refractivity contribution in [2.75, 3.05) is 51.8 Å². The summed E-state index contributed by atoms with van der Waals surface area (Å²) in [6.07, 6.45) is -4.73. The van der Waals surface area contributed by atoms with Crippen molar-refractivity contribution in [2.24, 2.45) is 0 Å². The van der Waals surface area contributed by atoms with Crippen LogP contribution in [-0.4, -0.2) is 68.4 Å². The largest absolute Gasteiger partial charge is 0.497 e. The van der Waals surface area contributed by atoms with Crippen LogP contribution in [0.4, 0.5) is 19.0 Å². The van der Waals surface area contributed by atoms with E-state index in [1.165, 1.54) is 18.1 Å². The number of carbonyl (C=O) groups is 1. The number of halogens is 3. The van der Waals surface area contributed by atoms with E-state index in [2.05, 4.69) is 15.7 Å². The average Bonchev–Trinajstić information content (AvgIpc) is 3.23. The van der Waals surface area contributed by atoms with Gasteiger partial charge in [-0.05, 0) is 17.7 Å². The van der Waals surface area contributed by atoms with Crippen LogP contribution >= 0.6 is 0 Å². The number of carbonyl (C=O) groups excluding carboxylic acids is 1. The SMILES string of the molecule is COc1ccc([C@@H]2C[C@@H](C(F)(F)F)n3nc(C(=O)NCC[NH+]4CCOCC4)cc3N2)cc1. The first kappa shape index (κ1) is 22.4. The molecule has 3 N–H and O–H groups in total. The molecule has 32 heavy (non-hydrogen) atoms. The highest BCUT2D eigenvalue weighted by molar-refractivity contribution is 5.93. The van der Waals surface area contributed by atoms with Gasteiger partial charge in [0.15, 0.2) is 11.7 Å². The monoisotopic (exact) mass is 454 g/mol. The van der Waals surface area contributed by atoms with Crippen molar-refractivity contribution in [3.05, 3.63) is 41.6 Å². The van der Waals surface area contributed by atoms with E-state index < -0.39 is 24.2 Å². The molecule has 0 saturated carbocycles. The summed E-state index contributed by atoms with van der Waals surface area (Å²) in [5.74, 6) is 0.312. The van der Waals surface area contributed by atoms with Gasteiger partial charge in [0.25, 0.3) is 5.91 Å². The van der Waals surface area contributed by atoms with Gasteiger partial charge in [0.05, 0.1) is 39.5 Å². The Morgan fingerprint density at radius 1 is 1.31 bits per heavy atom. The number of fused-ring (bicyclic) bond motifs is 1. The lowest BCUT2D eigenvalue weighted by Gasteiger charge is -2.33. The molecule has 0 spiro atoms. The van der Waals surface area contributed by atoms with Crippen molar-refractivity contribution in [3.63, 3.8) is 0 Å². The van der Waals surface area contributed by atoms with Crippen molar-refractivity contribution < 1.29 is 32.3 Å². The third-order valence-corrected chi connectivity index (χ3v) is 5.90. The molecule has 2 aromatic rings. The van der Waals surface area contributed by atoms with Crippen LogP contribution in [-0.2, 0) is 4.74 Å². The molecule has 1 amide bonds. The van der Waals surface area contributed by atoms with Crippen LogP contribution < -0.4 is 20.3 Å². The molecule has 1 saturated heterocycles. The van der Waals surface area contributed by atoms with Crippen LogP contribution in [0.5, 0.6) is 5.75 Å². The summed E-state index contributed by atoms with van der Waals surface area (Å²) in [6, 6.07) is 5.87. The zero-order valence-electron chi connectivity index (χ0n) is 17.7. The van der Waals surface area contributed by atoms with Gasteiger partial charge in [0, 0.05) is 12.5 Å². The van der Waals surface area contributed by atoms with Gasteiger partial charge >= 0.3 is 6.18 Å². The fraction of sp³-hybridized carbons (Fsp3) is 0.524. The Labute approximate surface area is 183 Å². The molecule has 4 rings (SSSR count). The second kappa shape index (κ2) is 9.37. The number of rotatable bonds is 6. The van der Waals surface area contributed by atoms with Gasteiger partial charge in [-0.15, -0.1) is 0 Å². The molecule has 0 radical (unpaired) electrons. The number of quaternary nitrogens is 1. The van der Waals surface area contributed by atoms with Crippen LogP contribution in [0.15, 0.2) is 30.3 Å². The minimum Gasteiger partial charge on any atom is -0.497 e. The number of hydrogen-bond acceptors (Lipinski definition) is 5. The molecule has 2 aliphatic heterocycles. The zero-order chi connectivity index (χ0) is 22.7. The smallest absolute Gasteiger partial charge is 0.410 e. The van der Waals surface area contributed by atoms with Crippen LogP contribution in [0.3, 0.4) is 0 Å². The molecule has 1 aromatic carbocycles. The quantitative estimate of drug-likeness (QED) is 0.611. The molecule has 0 bridgehead atoms. The lowest BCUT2D eigenvalue weighted by molar-refractivity contribution is -0.906. The fourth-order valence-corrected chi connectivity index (χ4v) is 4.09. The number of aromatic nitrogens is 2. The summed E-state index contributed by atoms with van der Waals surface area (Å²) in [6.45, 7) is 4.28. The maximum atomic E-state index is 13.8. The number of nitrogens with one attached hydrogen (secondary N) is 3. The van der Waals surface area contributed by atoms with Crippen LogP contribution in [0.2, 0.25) is 0 Å². The van der Waals surface area contributed by atoms with Crippen LogP contribution in [0.1, 0.15) is 34.6 Å². The topological polar surface area (TPSA) is 81.9 Å². The summed E-state index contributed by atoms with van der Waals surface area (Å²) in [7, 11) is 1.53. The number of nitrogens with zero attached hydrogens (tertiary/aromatic N) is 2. The minimum absolute atomic E-state index is 0.0332. The summed E-state index contributed by atoms with van der Waals surface area (Å²) < 4.78 is 52.8. The highest BCUT2D eigenvalue weighted by Gasteiger charge is 2.46. The number of ether oxygens (including phenoxy) is 2. The number of hydrogen-bond donors (Lipinski definition) is 3. The number of anilines is 1. The molecule has 8 nitrogen and oxygen atoms in total. The third-order valence-electron chi connectivity index (χ3n) is 5.90. The minimum atomic E-state index is -4.50. The molecular formula is C21H27F3N5O3+. The molecule has 0 unspecified atom stereocenters. The molecule has 11 heteroatoms. The molecule has 174 valence electrons. The Morgan fingerprint density at radius 2 is 2.03 bits per heavy atom. The normalized spacial score (nSPS) is 21.5. The molecule has 1 aromatic heterocycles.